The monoisotopic (exact) mass is 428 g/mol. The van der Waals surface area contributed by atoms with E-state index >= 15 is 0 Å². The molecule has 1 N–H and O–H groups in total. The highest BCUT2D eigenvalue weighted by Crippen LogP contribution is 2.48. The second-order valence-electron chi connectivity index (χ2n) is 8.36. The van der Waals surface area contributed by atoms with Gasteiger partial charge in [-0.15, -0.1) is 0 Å². The average molecular weight is 429 g/mol. The summed E-state index contributed by atoms with van der Waals surface area (Å²) in [7, 11) is -3.66. The summed E-state index contributed by atoms with van der Waals surface area (Å²) >= 11 is 0. The van der Waals surface area contributed by atoms with Crippen molar-refractivity contribution in [3.05, 3.63) is 54.6 Å². The quantitative estimate of drug-likeness (QED) is 0.763. The van der Waals surface area contributed by atoms with E-state index in [9.17, 15) is 13.2 Å². The Morgan fingerprint density at radius 1 is 1.10 bits per heavy atom. The lowest BCUT2D eigenvalue weighted by atomic mass is 9.67. The van der Waals surface area contributed by atoms with Crippen molar-refractivity contribution in [2.24, 2.45) is 11.3 Å². The molecule has 1 amide bonds. The maximum absolute atomic E-state index is 13.2. The number of sulfonamides is 1. The van der Waals surface area contributed by atoms with Gasteiger partial charge in [-0.25, -0.2) is 8.42 Å². The van der Waals surface area contributed by atoms with Crippen LogP contribution in [-0.4, -0.2) is 48.2 Å². The minimum atomic E-state index is -3.66. The third kappa shape index (κ3) is 4.25. The van der Waals surface area contributed by atoms with E-state index in [1.165, 1.54) is 10.5 Å². The number of hydrogen-bond donors (Lipinski definition) is 1. The second-order valence-corrected chi connectivity index (χ2v) is 10.3. The van der Waals surface area contributed by atoms with E-state index in [0.29, 0.717) is 19.5 Å². The van der Waals surface area contributed by atoms with Crippen molar-refractivity contribution >= 4 is 15.9 Å². The highest BCUT2D eigenvalue weighted by Gasteiger charge is 2.53. The van der Waals surface area contributed by atoms with Gasteiger partial charge in [-0.1, -0.05) is 25.3 Å². The maximum atomic E-state index is 13.2. The zero-order valence-electron chi connectivity index (χ0n) is 17.0. The van der Waals surface area contributed by atoms with Crippen molar-refractivity contribution < 1.29 is 13.2 Å². The molecule has 160 valence electrons. The van der Waals surface area contributed by atoms with Crippen molar-refractivity contribution in [2.75, 3.05) is 19.6 Å². The Labute approximate surface area is 178 Å². The molecule has 8 heteroatoms. The summed E-state index contributed by atoms with van der Waals surface area (Å²) in [5.41, 5.74) is 0.795. The number of carbonyl (C=O) groups excluding carboxylic acids is 1. The van der Waals surface area contributed by atoms with Crippen LogP contribution in [0.25, 0.3) is 0 Å². The molecule has 0 aromatic carbocycles. The van der Waals surface area contributed by atoms with Crippen molar-refractivity contribution in [1.82, 2.24) is 19.6 Å². The molecule has 0 bridgehead atoms. The first-order chi connectivity index (χ1) is 14.5. The molecule has 1 atom stereocenters. The minimum absolute atomic E-state index is 0.0373. The summed E-state index contributed by atoms with van der Waals surface area (Å²) in [6.45, 7) is 1.16. The first-order valence-corrected chi connectivity index (χ1v) is 12.0. The van der Waals surface area contributed by atoms with E-state index in [-0.39, 0.29) is 28.7 Å². The van der Waals surface area contributed by atoms with Gasteiger partial charge in [0.2, 0.25) is 15.9 Å². The molecule has 1 spiro atoms. The lowest BCUT2D eigenvalue weighted by Gasteiger charge is -2.37. The first-order valence-electron chi connectivity index (χ1n) is 10.6. The SMILES string of the molecule is O=C(NCCc1cccnc1)C1CN(S(=O)(=O)c2cccnc2)CC12CCCCC2. The van der Waals surface area contributed by atoms with E-state index in [4.69, 9.17) is 0 Å². The summed E-state index contributed by atoms with van der Waals surface area (Å²) < 4.78 is 27.9. The smallest absolute Gasteiger partial charge is 0.244 e. The van der Waals surface area contributed by atoms with Crippen LogP contribution in [0.2, 0.25) is 0 Å². The van der Waals surface area contributed by atoms with E-state index < -0.39 is 10.0 Å². The van der Waals surface area contributed by atoms with Gasteiger partial charge >= 0.3 is 0 Å². The van der Waals surface area contributed by atoms with Gasteiger partial charge in [-0.2, -0.15) is 4.31 Å². The first kappa shape index (κ1) is 20.9. The van der Waals surface area contributed by atoms with Gasteiger partial charge in [0.25, 0.3) is 0 Å². The molecule has 3 heterocycles. The summed E-state index contributed by atoms with van der Waals surface area (Å²) in [5, 5.41) is 3.06. The van der Waals surface area contributed by atoms with E-state index in [1.54, 1.807) is 30.7 Å². The maximum Gasteiger partial charge on any atom is 0.244 e. The lowest BCUT2D eigenvalue weighted by molar-refractivity contribution is -0.128. The minimum Gasteiger partial charge on any atom is -0.355 e. The van der Waals surface area contributed by atoms with Gasteiger partial charge in [0.05, 0.1) is 5.92 Å². The zero-order valence-corrected chi connectivity index (χ0v) is 17.9. The second kappa shape index (κ2) is 8.81. The number of nitrogens with one attached hydrogen (secondary N) is 1. The summed E-state index contributed by atoms with van der Waals surface area (Å²) in [4.78, 5) is 21.4. The highest BCUT2D eigenvalue weighted by molar-refractivity contribution is 7.89. The lowest BCUT2D eigenvalue weighted by Crippen LogP contribution is -2.43. The fourth-order valence-corrected chi connectivity index (χ4v) is 6.39. The molecule has 1 aliphatic heterocycles. The number of amides is 1. The molecule has 2 aromatic heterocycles. The third-order valence-corrected chi connectivity index (χ3v) is 8.29. The van der Waals surface area contributed by atoms with Crippen LogP contribution in [0.1, 0.15) is 37.7 Å². The number of rotatable bonds is 6. The number of nitrogens with zero attached hydrogens (tertiary/aromatic N) is 3. The molecule has 2 fully saturated rings. The predicted molar refractivity (Wildman–Crippen MR) is 113 cm³/mol. The average Bonchev–Trinajstić information content (AvgIpc) is 3.15. The Bertz CT molecular complexity index is 960. The Morgan fingerprint density at radius 3 is 2.50 bits per heavy atom. The van der Waals surface area contributed by atoms with Gasteiger partial charge in [0.15, 0.2) is 0 Å². The largest absolute Gasteiger partial charge is 0.355 e. The van der Waals surface area contributed by atoms with Crippen molar-refractivity contribution in [2.45, 2.75) is 43.4 Å². The summed E-state index contributed by atoms with van der Waals surface area (Å²) in [5.74, 6) is -0.358. The molecule has 1 aliphatic carbocycles. The van der Waals surface area contributed by atoms with Crippen LogP contribution in [0.15, 0.2) is 53.9 Å². The molecule has 7 nitrogen and oxygen atoms in total. The van der Waals surface area contributed by atoms with Crippen LogP contribution in [0.4, 0.5) is 0 Å². The van der Waals surface area contributed by atoms with Crippen molar-refractivity contribution in [3.8, 4) is 0 Å². The number of pyridine rings is 2. The fraction of sp³-hybridized carbons (Fsp3) is 0.500. The molecule has 1 saturated carbocycles. The van der Waals surface area contributed by atoms with Crippen LogP contribution in [0.3, 0.4) is 0 Å². The Balaban J connectivity index is 1.49. The standard InChI is InChI=1S/C22H28N4O3S/c27-21(25-13-8-18-6-4-11-23-14-18)20-16-26(17-22(20)9-2-1-3-10-22)30(28,29)19-7-5-12-24-15-19/h4-7,11-12,14-15,20H,1-3,8-10,13,16-17H2,(H,25,27). The van der Waals surface area contributed by atoms with Gasteiger partial charge in [0, 0.05) is 44.4 Å². The van der Waals surface area contributed by atoms with E-state index in [2.05, 4.69) is 15.3 Å². The van der Waals surface area contributed by atoms with Gasteiger partial charge < -0.3 is 5.32 Å². The Morgan fingerprint density at radius 2 is 1.83 bits per heavy atom. The van der Waals surface area contributed by atoms with Crippen LogP contribution < -0.4 is 5.32 Å². The normalized spacial score (nSPS) is 21.5. The molecular weight excluding hydrogens is 400 g/mol. The van der Waals surface area contributed by atoms with Crippen LogP contribution in [0, 0.1) is 11.3 Å². The Kier molecular flexibility index (Phi) is 6.15. The van der Waals surface area contributed by atoms with Gasteiger partial charge in [-0.05, 0) is 48.4 Å². The van der Waals surface area contributed by atoms with Crippen molar-refractivity contribution in [3.63, 3.8) is 0 Å². The number of carbonyl (C=O) groups is 1. The van der Waals surface area contributed by atoms with Crippen LogP contribution in [0.5, 0.6) is 0 Å². The number of aromatic nitrogens is 2. The molecular formula is C22H28N4O3S. The van der Waals surface area contributed by atoms with E-state index in [1.807, 2.05) is 12.1 Å². The molecule has 1 saturated heterocycles. The Hall–Kier alpha value is -2.32. The molecule has 0 radical (unpaired) electrons. The molecule has 4 rings (SSSR count). The third-order valence-electron chi connectivity index (χ3n) is 6.49. The molecule has 2 aliphatic rings. The van der Waals surface area contributed by atoms with Gasteiger partial charge in [-0.3, -0.25) is 14.8 Å². The van der Waals surface area contributed by atoms with E-state index in [0.717, 1.165) is 37.7 Å². The van der Waals surface area contributed by atoms with Gasteiger partial charge in [0.1, 0.15) is 4.90 Å². The summed E-state index contributed by atoms with van der Waals surface area (Å²) in [6.07, 6.45) is 12.2. The fourth-order valence-electron chi connectivity index (χ4n) is 4.88. The number of hydrogen-bond acceptors (Lipinski definition) is 5. The van der Waals surface area contributed by atoms with Crippen LogP contribution >= 0.6 is 0 Å². The zero-order chi connectivity index (χ0) is 21.0. The molecule has 1 unspecified atom stereocenters. The molecule has 2 aromatic rings. The van der Waals surface area contributed by atoms with Crippen molar-refractivity contribution in [1.29, 1.82) is 0 Å². The molecule has 30 heavy (non-hydrogen) atoms. The van der Waals surface area contributed by atoms with Crippen LogP contribution in [-0.2, 0) is 21.2 Å². The summed E-state index contributed by atoms with van der Waals surface area (Å²) in [6, 6.07) is 7.06. The topological polar surface area (TPSA) is 92.3 Å². The predicted octanol–water partition coefficient (Wildman–Crippen LogP) is 2.41. The highest BCUT2D eigenvalue weighted by atomic mass is 32.2.